The maximum Gasteiger partial charge on any atom is 0.191 e. The molecule has 0 bridgehead atoms. The van der Waals surface area contributed by atoms with Crippen LogP contribution in [0.5, 0.6) is 0 Å². The number of hydrogen-bond acceptors (Lipinski definition) is 4. The van der Waals surface area contributed by atoms with Gasteiger partial charge >= 0.3 is 0 Å². The van der Waals surface area contributed by atoms with Crippen molar-refractivity contribution in [2.24, 2.45) is 10.4 Å². The summed E-state index contributed by atoms with van der Waals surface area (Å²) in [4.78, 5) is 4.80. The van der Waals surface area contributed by atoms with E-state index >= 15 is 0 Å². The van der Waals surface area contributed by atoms with Gasteiger partial charge in [0.25, 0.3) is 0 Å². The van der Waals surface area contributed by atoms with Gasteiger partial charge in [-0.2, -0.15) is 0 Å². The maximum atomic E-state index is 5.81. The van der Waals surface area contributed by atoms with Gasteiger partial charge in [-0.25, -0.2) is 0 Å². The minimum Gasteiger partial charge on any atom is -0.469 e. The van der Waals surface area contributed by atoms with Crippen molar-refractivity contribution in [1.82, 2.24) is 10.6 Å². The molecule has 27 heavy (non-hydrogen) atoms. The van der Waals surface area contributed by atoms with Crippen molar-refractivity contribution < 1.29 is 13.9 Å². The van der Waals surface area contributed by atoms with Crippen LogP contribution in [0.2, 0.25) is 0 Å². The predicted molar refractivity (Wildman–Crippen MR) is 120 cm³/mol. The molecule has 1 aliphatic heterocycles. The molecule has 0 radical (unpaired) electrons. The molecule has 0 aromatic carbocycles. The summed E-state index contributed by atoms with van der Waals surface area (Å²) in [6.07, 6.45) is 7.34. The molecule has 1 aromatic rings. The number of methoxy groups -OCH3 is 1. The number of furan rings is 1. The molecular weight excluding hydrogens is 457 g/mol. The van der Waals surface area contributed by atoms with Gasteiger partial charge < -0.3 is 24.5 Å². The van der Waals surface area contributed by atoms with E-state index in [1.807, 2.05) is 12.1 Å². The second-order valence-electron chi connectivity index (χ2n) is 7.70. The van der Waals surface area contributed by atoms with Gasteiger partial charge in [0.2, 0.25) is 0 Å². The Morgan fingerprint density at radius 1 is 1.33 bits per heavy atom. The first-order chi connectivity index (χ1) is 12.6. The van der Waals surface area contributed by atoms with Gasteiger partial charge in [-0.1, -0.05) is 13.8 Å². The number of rotatable bonds is 10. The summed E-state index contributed by atoms with van der Waals surface area (Å²) < 4.78 is 16.4. The second-order valence-corrected chi connectivity index (χ2v) is 7.70. The summed E-state index contributed by atoms with van der Waals surface area (Å²) in [7, 11) is 1.74. The number of nitrogens with one attached hydrogen (secondary N) is 2. The van der Waals surface area contributed by atoms with E-state index in [4.69, 9.17) is 18.9 Å². The zero-order chi connectivity index (χ0) is 18.7. The molecule has 1 unspecified atom stereocenters. The van der Waals surface area contributed by atoms with E-state index in [0.29, 0.717) is 0 Å². The highest BCUT2D eigenvalue weighted by atomic mass is 127. The molecule has 1 fully saturated rings. The topological polar surface area (TPSA) is 68.0 Å². The van der Waals surface area contributed by atoms with E-state index in [1.165, 1.54) is 12.8 Å². The van der Waals surface area contributed by atoms with E-state index in [1.54, 1.807) is 13.4 Å². The summed E-state index contributed by atoms with van der Waals surface area (Å²) in [5.41, 5.74) is 0.104. The molecule has 156 valence electrons. The van der Waals surface area contributed by atoms with Gasteiger partial charge in [0.05, 0.1) is 12.4 Å². The van der Waals surface area contributed by atoms with Gasteiger partial charge in [0.15, 0.2) is 5.96 Å². The SMILES string of the molecule is COCCC(C)(C)CN=C(NCCc1ccco1)NCC1CCCCO1.I. The normalized spacial score (nSPS) is 18.0. The summed E-state index contributed by atoms with van der Waals surface area (Å²) >= 11 is 0. The van der Waals surface area contributed by atoms with Crippen LogP contribution in [0.25, 0.3) is 0 Å². The van der Waals surface area contributed by atoms with Crippen molar-refractivity contribution in [3.05, 3.63) is 24.2 Å². The summed E-state index contributed by atoms with van der Waals surface area (Å²) in [6, 6.07) is 3.91. The highest BCUT2D eigenvalue weighted by Gasteiger charge is 2.18. The van der Waals surface area contributed by atoms with Crippen LogP contribution in [0.4, 0.5) is 0 Å². The van der Waals surface area contributed by atoms with Crippen LogP contribution in [0, 0.1) is 5.41 Å². The molecule has 2 rings (SSSR count). The minimum atomic E-state index is 0. The lowest BCUT2D eigenvalue weighted by Crippen LogP contribution is -2.43. The quantitative estimate of drug-likeness (QED) is 0.296. The third-order valence-corrected chi connectivity index (χ3v) is 4.66. The van der Waals surface area contributed by atoms with Crippen LogP contribution in [-0.4, -0.2) is 52.0 Å². The first kappa shape index (κ1) is 24.2. The zero-order valence-corrected chi connectivity index (χ0v) is 19.3. The number of guanidine groups is 1. The molecule has 1 aliphatic rings. The molecule has 2 N–H and O–H groups in total. The monoisotopic (exact) mass is 493 g/mol. The number of hydrogen-bond donors (Lipinski definition) is 2. The number of ether oxygens (including phenoxy) is 2. The van der Waals surface area contributed by atoms with Crippen molar-refractivity contribution in [3.8, 4) is 0 Å². The van der Waals surface area contributed by atoms with Crippen LogP contribution in [0.3, 0.4) is 0 Å². The second kappa shape index (κ2) is 13.4. The number of halogens is 1. The van der Waals surface area contributed by atoms with Gasteiger partial charge in [-0.15, -0.1) is 24.0 Å². The van der Waals surface area contributed by atoms with E-state index in [-0.39, 0.29) is 35.5 Å². The Labute approximate surface area is 180 Å². The first-order valence-electron chi connectivity index (χ1n) is 9.74. The van der Waals surface area contributed by atoms with Crippen molar-refractivity contribution in [3.63, 3.8) is 0 Å². The molecule has 2 heterocycles. The van der Waals surface area contributed by atoms with Gasteiger partial charge in [-0.05, 0) is 43.2 Å². The van der Waals surface area contributed by atoms with E-state index in [9.17, 15) is 0 Å². The first-order valence-corrected chi connectivity index (χ1v) is 9.74. The molecule has 0 saturated carbocycles. The lowest BCUT2D eigenvalue weighted by atomic mass is 9.90. The van der Waals surface area contributed by atoms with E-state index in [2.05, 4.69) is 24.5 Å². The van der Waals surface area contributed by atoms with E-state index < -0.39 is 0 Å². The average molecular weight is 493 g/mol. The Morgan fingerprint density at radius 2 is 2.19 bits per heavy atom. The van der Waals surface area contributed by atoms with Gasteiger partial charge in [-0.3, -0.25) is 4.99 Å². The van der Waals surface area contributed by atoms with Crippen LogP contribution in [-0.2, 0) is 15.9 Å². The fourth-order valence-corrected chi connectivity index (χ4v) is 2.86. The Bertz CT molecular complexity index is 515. The summed E-state index contributed by atoms with van der Waals surface area (Å²) in [6.45, 7) is 8.40. The highest BCUT2D eigenvalue weighted by molar-refractivity contribution is 14.0. The van der Waals surface area contributed by atoms with Crippen LogP contribution in [0.1, 0.15) is 45.3 Å². The largest absolute Gasteiger partial charge is 0.469 e. The molecule has 6 nitrogen and oxygen atoms in total. The van der Waals surface area contributed by atoms with Crippen molar-refractivity contribution in [1.29, 1.82) is 0 Å². The Balaban J connectivity index is 0.00000364. The smallest absolute Gasteiger partial charge is 0.191 e. The minimum absolute atomic E-state index is 0. The highest BCUT2D eigenvalue weighted by Crippen LogP contribution is 2.20. The standard InChI is InChI=1S/C20H35N3O3.HI/c1-20(2,10-14-24-3)16-23-19(21-11-9-17-8-6-13-25-17)22-15-18-7-4-5-12-26-18;/h6,8,13,18H,4-5,7,9-12,14-16H2,1-3H3,(H2,21,22,23);1H. The molecule has 1 aromatic heterocycles. The van der Waals surface area contributed by atoms with Crippen molar-refractivity contribution in [2.75, 3.05) is 40.0 Å². The zero-order valence-electron chi connectivity index (χ0n) is 17.0. The molecule has 0 spiro atoms. The molecule has 7 heteroatoms. The van der Waals surface area contributed by atoms with Crippen molar-refractivity contribution in [2.45, 2.75) is 52.1 Å². The number of nitrogens with zero attached hydrogens (tertiary/aromatic N) is 1. The van der Waals surface area contributed by atoms with Gasteiger partial charge in [0.1, 0.15) is 5.76 Å². The average Bonchev–Trinajstić information content (AvgIpc) is 3.16. The molecule has 1 atom stereocenters. The van der Waals surface area contributed by atoms with Crippen LogP contribution >= 0.6 is 24.0 Å². The van der Waals surface area contributed by atoms with Crippen LogP contribution < -0.4 is 10.6 Å². The Morgan fingerprint density at radius 3 is 2.85 bits per heavy atom. The third kappa shape index (κ3) is 10.4. The molecule has 1 saturated heterocycles. The predicted octanol–water partition coefficient (Wildman–Crippen LogP) is 3.61. The maximum absolute atomic E-state index is 5.81. The Hall–Kier alpha value is -0.800. The lowest BCUT2D eigenvalue weighted by Gasteiger charge is -2.25. The Kier molecular flexibility index (Phi) is 12.0. The summed E-state index contributed by atoms with van der Waals surface area (Å²) in [5, 5.41) is 6.87. The van der Waals surface area contributed by atoms with Crippen molar-refractivity contribution >= 4 is 29.9 Å². The fourth-order valence-electron chi connectivity index (χ4n) is 2.86. The van der Waals surface area contributed by atoms with Crippen LogP contribution in [0.15, 0.2) is 27.8 Å². The fraction of sp³-hybridized carbons (Fsp3) is 0.750. The molecule has 0 amide bonds. The third-order valence-electron chi connectivity index (χ3n) is 4.66. The van der Waals surface area contributed by atoms with Gasteiger partial charge in [0, 0.05) is 46.4 Å². The molecular formula is C20H36IN3O3. The lowest BCUT2D eigenvalue weighted by molar-refractivity contribution is 0.0194. The van der Waals surface area contributed by atoms with E-state index in [0.717, 1.165) is 63.8 Å². The number of aliphatic imine (C=N–C) groups is 1. The molecule has 0 aliphatic carbocycles. The summed E-state index contributed by atoms with van der Waals surface area (Å²) in [5.74, 6) is 1.82.